The average Bonchev–Trinajstić information content (AvgIpc) is 2.42. The molecule has 0 radical (unpaired) electrons. The van der Waals surface area contributed by atoms with Gasteiger partial charge in [0.1, 0.15) is 0 Å². The molecule has 0 aromatic rings. The summed E-state index contributed by atoms with van der Waals surface area (Å²) in [6.45, 7) is 5.18. The minimum atomic E-state index is 0.345. The summed E-state index contributed by atoms with van der Waals surface area (Å²) < 4.78 is 0. The van der Waals surface area contributed by atoms with Gasteiger partial charge in [-0.3, -0.25) is 0 Å². The first kappa shape index (κ1) is 11.0. The number of nitrogens with zero attached hydrogens (tertiary/aromatic N) is 1. The molecule has 1 atom stereocenters. The van der Waals surface area contributed by atoms with Crippen molar-refractivity contribution < 1.29 is 5.11 Å². The van der Waals surface area contributed by atoms with E-state index in [0.717, 1.165) is 12.8 Å². The molecule has 1 rings (SSSR count). The van der Waals surface area contributed by atoms with Crippen LogP contribution in [-0.4, -0.2) is 35.7 Å². The Kier molecular flexibility index (Phi) is 5.40. The van der Waals surface area contributed by atoms with Crippen molar-refractivity contribution in [2.45, 2.75) is 51.5 Å². The highest BCUT2D eigenvalue weighted by Crippen LogP contribution is 2.14. The summed E-state index contributed by atoms with van der Waals surface area (Å²) >= 11 is 0. The van der Waals surface area contributed by atoms with Crippen molar-refractivity contribution in [3.63, 3.8) is 0 Å². The Bertz CT molecular complexity index is 119. The summed E-state index contributed by atoms with van der Waals surface area (Å²) in [4.78, 5) is 2.59. The fourth-order valence-corrected chi connectivity index (χ4v) is 2.11. The van der Waals surface area contributed by atoms with Crippen LogP contribution in [0.3, 0.4) is 0 Å². The molecule has 0 aliphatic carbocycles. The third-order valence-electron chi connectivity index (χ3n) is 3.04. The zero-order valence-corrected chi connectivity index (χ0v) is 8.84. The molecule has 0 amide bonds. The molecule has 1 aliphatic heterocycles. The van der Waals surface area contributed by atoms with E-state index < -0.39 is 0 Å². The van der Waals surface area contributed by atoms with Gasteiger partial charge < -0.3 is 10.0 Å². The molecule has 0 aromatic carbocycles. The summed E-state index contributed by atoms with van der Waals surface area (Å²) in [6.07, 6.45) is 7.65. The van der Waals surface area contributed by atoms with Crippen LogP contribution in [0.4, 0.5) is 0 Å². The highest BCUT2D eigenvalue weighted by atomic mass is 16.2. The second-order valence-corrected chi connectivity index (χ2v) is 4.17. The molecule has 2 heteroatoms. The second kappa shape index (κ2) is 6.39. The van der Waals surface area contributed by atoms with Crippen LogP contribution < -0.4 is 0 Å². The summed E-state index contributed by atoms with van der Waals surface area (Å²) in [5.74, 6) is 0. The lowest BCUT2D eigenvalue weighted by Crippen LogP contribution is -2.33. The Morgan fingerprint density at radius 1 is 1.15 bits per heavy atom. The first-order valence-electron chi connectivity index (χ1n) is 5.69. The maximum atomic E-state index is 8.75. The lowest BCUT2D eigenvalue weighted by molar-refractivity contribution is 0.190. The summed E-state index contributed by atoms with van der Waals surface area (Å²) in [5.41, 5.74) is 0. The molecule has 0 unspecified atom stereocenters. The van der Waals surface area contributed by atoms with Crippen LogP contribution in [0.1, 0.15) is 45.4 Å². The van der Waals surface area contributed by atoms with Gasteiger partial charge in [0, 0.05) is 12.6 Å². The number of rotatable bonds is 4. The molecular weight excluding hydrogens is 162 g/mol. The molecule has 2 nitrogen and oxygen atoms in total. The molecule has 1 fully saturated rings. The Morgan fingerprint density at radius 2 is 1.77 bits per heavy atom. The van der Waals surface area contributed by atoms with Crippen molar-refractivity contribution in [3.8, 4) is 0 Å². The van der Waals surface area contributed by atoms with Crippen LogP contribution in [0, 0.1) is 0 Å². The van der Waals surface area contributed by atoms with Gasteiger partial charge in [-0.2, -0.15) is 0 Å². The summed E-state index contributed by atoms with van der Waals surface area (Å²) in [6, 6.07) is 0.672. The van der Waals surface area contributed by atoms with E-state index in [1.54, 1.807) is 0 Å². The average molecular weight is 185 g/mol. The lowest BCUT2D eigenvalue weighted by atomic mass is 10.1. The SMILES string of the molecule is C[C@@H](CCCO)N1CCCCCC1. The van der Waals surface area contributed by atoms with Gasteiger partial charge in [0.15, 0.2) is 0 Å². The Hall–Kier alpha value is -0.0800. The highest BCUT2D eigenvalue weighted by Gasteiger charge is 2.14. The third kappa shape index (κ3) is 4.10. The van der Waals surface area contributed by atoms with Gasteiger partial charge in [0.05, 0.1) is 0 Å². The van der Waals surface area contributed by atoms with Crippen LogP contribution in [0.25, 0.3) is 0 Å². The first-order valence-corrected chi connectivity index (χ1v) is 5.69. The van der Waals surface area contributed by atoms with Gasteiger partial charge in [0.25, 0.3) is 0 Å². The van der Waals surface area contributed by atoms with E-state index >= 15 is 0 Å². The van der Waals surface area contributed by atoms with Crippen LogP contribution in [0.2, 0.25) is 0 Å². The molecule has 1 saturated heterocycles. The summed E-state index contributed by atoms with van der Waals surface area (Å²) in [7, 11) is 0. The van der Waals surface area contributed by atoms with Crippen LogP contribution >= 0.6 is 0 Å². The van der Waals surface area contributed by atoms with Gasteiger partial charge in [-0.05, 0) is 45.7 Å². The lowest BCUT2D eigenvalue weighted by Gasteiger charge is -2.27. The Balaban J connectivity index is 2.22. The van der Waals surface area contributed by atoms with Crippen molar-refractivity contribution >= 4 is 0 Å². The normalized spacial score (nSPS) is 22.6. The standard InChI is InChI=1S/C11H23NO/c1-11(7-6-10-13)12-8-4-2-3-5-9-12/h11,13H,2-10H2,1H3/t11-/m0/s1. The van der Waals surface area contributed by atoms with E-state index in [4.69, 9.17) is 5.11 Å². The zero-order valence-electron chi connectivity index (χ0n) is 8.84. The van der Waals surface area contributed by atoms with Gasteiger partial charge >= 0.3 is 0 Å². The van der Waals surface area contributed by atoms with E-state index in [-0.39, 0.29) is 0 Å². The maximum Gasteiger partial charge on any atom is 0.0431 e. The molecule has 0 spiro atoms. The molecule has 1 N–H and O–H groups in total. The van der Waals surface area contributed by atoms with Gasteiger partial charge in [-0.25, -0.2) is 0 Å². The minimum Gasteiger partial charge on any atom is -0.396 e. The van der Waals surface area contributed by atoms with Gasteiger partial charge in [0.2, 0.25) is 0 Å². The van der Waals surface area contributed by atoms with Crippen molar-refractivity contribution in [1.82, 2.24) is 4.90 Å². The smallest absolute Gasteiger partial charge is 0.0431 e. The number of likely N-dealkylation sites (tertiary alicyclic amines) is 1. The predicted octanol–water partition coefficient (Wildman–Crippen LogP) is 2.02. The van der Waals surface area contributed by atoms with E-state index in [1.165, 1.54) is 38.8 Å². The summed E-state index contributed by atoms with van der Waals surface area (Å²) in [5, 5.41) is 8.75. The van der Waals surface area contributed by atoms with Gasteiger partial charge in [-0.1, -0.05) is 12.8 Å². The highest BCUT2D eigenvalue weighted by molar-refractivity contribution is 4.70. The Morgan fingerprint density at radius 3 is 2.31 bits per heavy atom. The van der Waals surface area contributed by atoms with E-state index in [9.17, 15) is 0 Å². The number of hydrogen-bond acceptors (Lipinski definition) is 2. The molecule has 0 bridgehead atoms. The largest absolute Gasteiger partial charge is 0.396 e. The van der Waals surface area contributed by atoms with E-state index in [2.05, 4.69) is 11.8 Å². The van der Waals surface area contributed by atoms with Crippen molar-refractivity contribution in [1.29, 1.82) is 0 Å². The number of aliphatic hydroxyl groups is 1. The number of aliphatic hydroxyl groups excluding tert-OH is 1. The fraction of sp³-hybridized carbons (Fsp3) is 1.00. The van der Waals surface area contributed by atoms with Crippen LogP contribution in [0.5, 0.6) is 0 Å². The van der Waals surface area contributed by atoms with Gasteiger partial charge in [-0.15, -0.1) is 0 Å². The predicted molar refractivity (Wildman–Crippen MR) is 55.8 cm³/mol. The second-order valence-electron chi connectivity index (χ2n) is 4.17. The van der Waals surface area contributed by atoms with Crippen molar-refractivity contribution in [2.24, 2.45) is 0 Å². The monoisotopic (exact) mass is 185 g/mol. The topological polar surface area (TPSA) is 23.5 Å². The number of hydrogen-bond donors (Lipinski definition) is 1. The first-order chi connectivity index (χ1) is 6.34. The van der Waals surface area contributed by atoms with E-state index in [1.807, 2.05) is 0 Å². The van der Waals surface area contributed by atoms with Crippen molar-refractivity contribution in [2.75, 3.05) is 19.7 Å². The van der Waals surface area contributed by atoms with Crippen molar-refractivity contribution in [3.05, 3.63) is 0 Å². The van der Waals surface area contributed by atoms with Crippen LogP contribution in [-0.2, 0) is 0 Å². The van der Waals surface area contributed by atoms with Crippen LogP contribution in [0.15, 0.2) is 0 Å². The molecule has 1 heterocycles. The fourth-order valence-electron chi connectivity index (χ4n) is 2.11. The zero-order chi connectivity index (χ0) is 9.52. The third-order valence-corrected chi connectivity index (χ3v) is 3.04. The molecule has 78 valence electrons. The molecule has 13 heavy (non-hydrogen) atoms. The molecule has 0 saturated carbocycles. The minimum absolute atomic E-state index is 0.345. The maximum absolute atomic E-state index is 8.75. The molecule has 1 aliphatic rings. The molecular formula is C11H23NO. The molecule has 0 aromatic heterocycles. The Labute approximate surface area is 81.9 Å². The van der Waals surface area contributed by atoms with E-state index in [0.29, 0.717) is 12.6 Å². The quantitative estimate of drug-likeness (QED) is 0.724.